The SMILES string of the molecule is COc1cc(Cl)c(C)cc1NC(=O)/C=C/c1ccccc1OC(F)F. The molecular formula is C18H16ClF2NO3. The van der Waals surface area contributed by atoms with Crippen molar-refractivity contribution in [3.8, 4) is 11.5 Å². The molecule has 0 aromatic heterocycles. The van der Waals surface area contributed by atoms with E-state index in [1.807, 2.05) is 0 Å². The van der Waals surface area contributed by atoms with Crippen LogP contribution in [0, 0.1) is 6.92 Å². The number of carbonyl (C=O) groups is 1. The van der Waals surface area contributed by atoms with Gasteiger partial charge < -0.3 is 14.8 Å². The lowest BCUT2D eigenvalue weighted by Crippen LogP contribution is -2.09. The van der Waals surface area contributed by atoms with E-state index in [1.54, 1.807) is 37.3 Å². The Morgan fingerprint density at radius 1 is 1.24 bits per heavy atom. The highest BCUT2D eigenvalue weighted by Gasteiger charge is 2.10. The normalized spacial score (nSPS) is 11.0. The highest BCUT2D eigenvalue weighted by atomic mass is 35.5. The number of rotatable bonds is 6. The first-order valence-corrected chi connectivity index (χ1v) is 7.65. The van der Waals surface area contributed by atoms with Crippen molar-refractivity contribution in [1.29, 1.82) is 0 Å². The lowest BCUT2D eigenvalue weighted by Gasteiger charge is -2.11. The monoisotopic (exact) mass is 367 g/mol. The number of nitrogens with one attached hydrogen (secondary N) is 1. The van der Waals surface area contributed by atoms with Gasteiger partial charge in [0.2, 0.25) is 5.91 Å². The molecule has 2 aromatic rings. The Bertz CT molecular complexity index is 794. The molecule has 0 fully saturated rings. The second kappa shape index (κ2) is 8.48. The molecule has 132 valence electrons. The predicted molar refractivity (Wildman–Crippen MR) is 93.5 cm³/mol. The summed E-state index contributed by atoms with van der Waals surface area (Å²) in [4.78, 5) is 12.1. The number of amides is 1. The summed E-state index contributed by atoms with van der Waals surface area (Å²) in [7, 11) is 1.46. The van der Waals surface area contributed by atoms with Crippen LogP contribution in [0.3, 0.4) is 0 Å². The number of ether oxygens (including phenoxy) is 2. The van der Waals surface area contributed by atoms with Gasteiger partial charge in [0, 0.05) is 22.7 Å². The van der Waals surface area contributed by atoms with Gasteiger partial charge in [-0.25, -0.2) is 0 Å². The molecular weight excluding hydrogens is 352 g/mol. The molecule has 0 bridgehead atoms. The van der Waals surface area contributed by atoms with E-state index in [1.165, 1.54) is 25.3 Å². The smallest absolute Gasteiger partial charge is 0.387 e. The minimum absolute atomic E-state index is 0.0125. The van der Waals surface area contributed by atoms with E-state index < -0.39 is 12.5 Å². The van der Waals surface area contributed by atoms with Gasteiger partial charge >= 0.3 is 6.61 Å². The van der Waals surface area contributed by atoms with E-state index in [4.69, 9.17) is 16.3 Å². The van der Waals surface area contributed by atoms with Crippen LogP contribution in [0.4, 0.5) is 14.5 Å². The van der Waals surface area contributed by atoms with Gasteiger partial charge in [-0.1, -0.05) is 29.8 Å². The fourth-order valence-corrected chi connectivity index (χ4v) is 2.24. The average Bonchev–Trinajstić information content (AvgIpc) is 2.56. The third-order valence-corrected chi connectivity index (χ3v) is 3.70. The highest BCUT2D eigenvalue weighted by Crippen LogP contribution is 2.31. The molecule has 0 unspecified atom stereocenters. The number of benzene rings is 2. The summed E-state index contributed by atoms with van der Waals surface area (Å²) in [5, 5.41) is 3.18. The van der Waals surface area contributed by atoms with Crippen LogP contribution in [0.2, 0.25) is 5.02 Å². The summed E-state index contributed by atoms with van der Waals surface area (Å²) in [6, 6.07) is 9.46. The molecule has 0 saturated heterocycles. The summed E-state index contributed by atoms with van der Waals surface area (Å²) in [6.45, 7) is -1.14. The van der Waals surface area contributed by atoms with Gasteiger partial charge in [-0.15, -0.1) is 0 Å². The summed E-state index contributed by atoms with van der Waals surface area (Å²) in [5.74, 6) is -0.0490. The molecule has 0 heterocycles. The largest absolute Gasteiger partial charge is 0.495 e. The zero-order chi connectivity index (χ0) is 18.4. The van der Waals surface area contributed by atoms with Crippen LogP contribution in [-0.4, -0.2) is 19.6 Å². The molecule has 7 heteroatoms. The van der Waals surface area contributed by atoms with Gasteiger partial charge in [0.1, 0.15) is 11.5 Å². The second-order valence-electron chi connectivity index (χ2n) is 5.04. The zero-order valence-corrected chi connectivity index (χ0v) is 14.3. The van der Waals surface area contributed by atoms with Crippen LogP contribution in [0.25, 0.3) is 6.08 Å². The van der Waals surface area contributed by atoms with E-state index in [9.17, 15) is 13.6 Å². The first-order valence-electron chi connectivity index (χ1n) is 7.27. The fraction of sp³-hybridized carbons (Fsp3) is 0.167. The minimum Gasteiger partial charge on any atom is -0.495 e. The molecule has 0 spiro atoms. The lowest BCUT2D eigenvalue weighted by atomic mass is 10.2. The number of hydrogen-bond acceptors (Lipinski definition) is 3. The number of carbonyl (C=O) groups excluding carboxylic acids is 1. The fourth-order valence-electron chi connectivity index (χ4n) is 2.09. The van der Waals surface area contributed by atoms with Gasteiger partial charge in [0.15, 0.2) is 0 Å². The quantitative estimate of drug-likeness (QED) is 0.738. The van der Waals surface area contributed by atoms with Crippen molar-refractivity contribution in [3.63, 3.8) is 0 Å². The van der Waals surface area contributed by atoms with Crippen molar-refractivity contribution in [2.75, 3.05) is 12.4 Å². The average molecular weight is 368 g/mol. The van der Waals surface area contributed by atoms with Gasteiger partial charge in [-0.3, -0.25) is 4.79 Å². The predicted octanol–water partition coefficient (Wildman–Crippen LogP) is 4.91. The van der Waals surface area contributed by atoms with Gasteiger partial charge in [0.05, 0.1) is 12.8 Å². The second-order valence-corrected chi connectivity index (χ2v) is 5.45. The van der Waals surface area contributed by atoms with Crippen molar-refractivity contribution < 1.29 is 23.0 Å². The van der Waals surface area contributed by atoms with E-state index in [0.29, 0.717) is 22.0 Å². The molecule has 0 aliphatic rings. The maximum absolute atomic E-state index is 12.4. The van der Waals surface area contributed by atoms with Crippen molar-refractivity contribution >= 4 is 29.3 Å². The number of hydrogen-bond donors (Lipinski definition) is 1. The molecule has 25 heavy (non-hydrogen) atoms. The van der Waals surface area contributed by atoms with Crippen LogP contribution in [-0.2, 0) is 4.79 Å². The third kappa shape index (κ3) is 5.19. The Labute approximate surface area is 149 Å². The maximum atomic E-state index is 12.4. The number of aryl methyl sites for hydroxylation is 1. The molecule has 1 N–H and O–H groups in total. The van der Waals surface area contributed by atoms with Crippen molar-refractivity contribution in [3.05, 3.63) is 58.6 Å². The van der Waals surface area contributed by atoms with Crippen LogP contribution >= 0.6 is 11.6 Å². The van der Waals surface area contributed by atoms with Crippen molar-refractivity contribution in [1.82, 2.24) is 0 Å². The zero-order valence-electron chi connectivity index (χ0n) is 13.6. The Kier molecular flexibility index (Phi) is 6.36. The first kappa shape index (κ1) is 18.7. The summed E-state index contributed by atoms with van der Waals surface area (Å²) >= 11 is 6.02. The van der Waals surface area contributed by atoms with E-state index in [2.05, 4.69) is 10.1 Å². The van der Waals surface area contributed by atoms with Crippen LogP contribution in [0.1, 0.15) is 11.1 Å². The molecule has 0 aliphatic heterocycles. The first-order chi connectivity index (χ1) is 11.9. The lowest BCUT2D eigenvalue weighted by molar-refractivity contribution is -0.111. The Morgan fingerprint density at radius 3 is 2.64 bits per heavy atom. The standard InChI is InChI=1S/C18H16ClF2NO3/c1-11-9-14(16(24-2)10-13(11)19)22-17(23)8-7-12-5-3-4-6-15(12)25-18(20)21/h3-10,18H,1-2H3,(H,22,23)/b8-7+. The molecule has 0 aliphatic carbocycles. The van der Waals surface area contributed by atoms with E-state index in [-0.39, 0.29) is 5.75 Å². The third-order valence-electron chi connectivity index (χ3n) is 3.29. The number of methoxy groups -OCH3 is 1. The molecule has 0 saturated carbocycles. The molecule has 2 aromatic carbocycles. The Balaban J connectivity index is 2.16. The topological polar surface area (TPSA) is 47.6 Å². The Hall–Kier alpha value is -2.60. The van der Waals surface area contributed by atoms with E-state index >= 15 is 0 Å². The minimum atomic E-state index is -2.94. The van der Waals surface area contributed by atoms with Gasteiger partial charge in [-0.2, -0.15) is 8.78 Å². The summed E-state index contributed by atoms with van der Waals surface area (Å²) < 4.78 is 34.4. The maximum Gasteiger partial charge on any atom is 0.387 e. The highest BCUT2D eigenvalue weighted by molar-refractivity contribution is 6.31. The number of alkyl halides is 2. The number of halogens is 3. The van der Waals surface area contributed by atoms with Crippen LogP contribution in [0.15, 0.2) is 42.5 Å². The summed E-state index contributed by atoms with van der Waals surface area (Å²) in [5.41, 5.74) is 1.59. The molecule has 4 nitrogen and oxygen atoms in total. The summed E-state index contributed by atoms with van der Waals surface area (Å²) in [6.07, 6.45) is 2.61. The number of para-hydroxylation sites is 1. The Morgan fingerprint density at radius 2 is 1.96 bits per heavy atom. The van der Waals surface area contributed by atoms with Crippen LogP contribution in [0.5, 0.6) is 11.5 Å². The van der Waals surface area contributed by atoms with Gasteiger partial charge in [0.25, 0.3) is 0 Å². The van der Waals surface area contributed by atoms with Gasteiger partial charge in [-0.05, 0) is 30.7 Å². The molecule has 0 atom stereocenters. The van der Waals surface area contributed by atoms with Crippen LogP contribution < -0.4 is 14.8 Å². The van der Waals surface area contributed by atoms with E-state index in [0.717, 1.165) is 5.56 Å². The number of anilines is 1. The molecule has 0 radical (unpaired) electrons. The van der Waals surface area contributed by atoms with Crippen molar-refractivity contribution in [2.24, 2.45) is 0 Å². The molecule has 2 rings (SSSR count). The van der Waals surface area contributed by atoms with Crippen molar-refractivity contribution in [2.45, 2.75) is 13.5 Å². The molecule has 1 amide bonds.